The monoisotopic (exact) mass is 326 g/mol. The van der Waals surface area contributed by atoms with Gasteiger partial charge in [0, 0.05) is 41.6 Å². The second kappa shape index (κ2) is 6.73. The molecular weight excluding hydrogens is 308 g/mol. The van der Waals surface area contributed by atoms with Crippen molar-refractivity contribution in [3.8, 4) is 0 Å². The Labute approximate surface area is 130 Å². The largest absolute Gasteiger partial charge is 0.264 e. The fourth-order valence-corrected chi connectivity index (χ4v) is 4.33. The van der Waals surface area contributed by atoms with Gasteiger partial charge in [0.05, 0.1) is 4.90 Å². The summed E-state index contributed by atoms with van der Waals surface area (Å²) in [5.41, 5.74) is 0. The first kappa shape index (κ1) is 16.2. The number of nitrogens with zero attached hydrogens (tertiary/aromatic N) is 2. The molecule has 1 heterocycles. The molecule has 0 saturated carbocycles. The van der Waals surface area contributed by atoms with Crippen LogP contribution in [-0.4, -0.2) is 36.2 Å². The first-order valence-corrected chi connectivity index (χ1v) is 8.86. The Kier molecular flexibility index (Phi) is 5.19. The van der Waals surface area contributed by atoms with Crippen LogP contribution in [0, 0.1) is 0 Å². The average molecular weight is 327 g/mol. The van der Waals surface area contributed by atoms with E-state index in [1.807, 2.05) is 19.9 Å². The van der Waals surface area contributed by atoms with Gasteiger partial charge >= 0.3 is 0 Å². The number of hydrogen-bond acceptors (Lipinski definition) is 3. The van der Waals surface area contributed by atoms with Gasteiger partial charge in [-0.2, -0.15) is 4.31 Å². The van der Waals surface area contributed by atoms with E-state index in [0.29, 0.717) is 29.1 Å². The number of benzene rings is 1. The third kappa shape index (κ3) is 3.36. The first-order chi connectivity index (χ1) is 9.98. The third-order valence-corrected chi connectivity index (χ3v) is 5.72. The predicted molar refractivity (Wildman–Crippen MR) is 86.1 cm³/mol. The van der Waals surface area contributed by atoms with Crippen molar-refractivity contribution < 1.29 is 8.42 Å². The van der Waals surface area contributed by atoms with Crippen LogP contribution in [0.2, 0.25) is 0 Å². The van der Waals surface area contributed by atoms with E-state index in [-0.39, 0.29) is 6.04 Å². The van der Waals surface area contributed by atoms with E-state index in [4.69, 9.17) is 11.6 Å². The van der Waals surface area contributed by atoms with E-state index in [2.05, 4.69) is 4.98 Å². The van der Waals surface area contributed by atoms with Crippen LogP contribution in [-0.2, 0) is 10.0 Å². The quantitative estimate of drug-likeness (QED) is 0.766. The molecule has 0 atom stereocenters. The normalized spacial score (nSPS) is 12.4. The Morgan fingerprint density at radius 2 is 2.05 bits per heavy atom. The van der Waals surface area contributed by atoms with Gasteiger partial charge in [0.2, 0.25) is 10.0 Å². The SMILES string of the molecule is CC(C)N(CCCCl)S(=O)(=O)c1cccc2cnccc12. The van der Waals surface area contributed by atoms with Gasteiger partial charge in [0.25, 0.3) is 0 Å². The highest BCUT2D eigenvalue weighted by molar-refractivity contribution is 7.89. The van der Waals surface area contributed by atoms with Crippen molar-refractivity contribution in [2.24, 2.45) is 0 Å². The molecule has 0 fully saturated rings. The lowest BCUT2D eigenvalue weighted by atomic mass is 10.2. The summed E-state index contributed by atoms with van der Waals surface area (Å²) in [6, 6.07) is 6.88. The molecule has 114 valence electrons. The van der Waals surface area contributed by atoms with Crippen LogP contribution in [0.5, 0.6) is 0 Å². The van der Waals surface area contributed by atoms with Gasteiger partial charge in [0.15, 0.2) is 0 Å². The molecule has 0 radical (unpaired) electrons. The van der Waals surface area contributed by atoms with E-state index >= 15 is 0 Å². The molecule has 1 aromatic heterocycles. The minimum Gasteiger partial charge on any atom is -0.264 e. The lowest BCUT2D eigenvalue weighted by Gasteiger charge is -2.26. The molecule has 2 rings (SSSR count). The van der Waals surface area contributed by atoms with Gasteiger partial charge in [-0.25, -0.2) is 8.42 Å². The lowest BCUT2D eigenvalue weighted by molar-refractivity contribution is 0.355. The summed E-state index contributed by atoms with van der Waals surface area (Å²) in [6.07, 6.45) is 3.91. The van der Waals surface area contributed by atoms with Crippen molar-refractivity contribution in [2.45, 2.75) is 31.2 Å². The maximum atomic E-state index is 13.0. The molecule has 21 heavy (non-hydrogen) atoms. The van der Waals surface area contributed by atoms with Crippen LogP contribution in [0.4, 0.5) is 0 Å². The molecule has 1 aromatic carbocycles. The van der Waals surface area contributed by atoms with Crippen LogP contribution < -0.4 is 0 Å². The van der Waals surface area contributed by atoms with Crippen molar-refractivity contribution in [1.82, 2.24) is 9.29 Å². The highest BCUT2D eigenvalue weighted by Gasteiger charge is 2.27. The Balaban J connectivity index is 2.54. The second-order valence-electron chi connectivity index (χ2n) is 5.10. The van der Waals surface area contributed by atoms with Gasteiger partial charge in [-0.15, -0.1) is 11.6 Å². The summed E-state index contributed by atoms with van der Waals surface area (Å²) in [6.45, 7) is 4.17. The van der Waals surface area contributed by atoms with Gasteiger partial charge < -0.3 is 0 Å². The molecule has 0 bridgehead atoms. The molecule has 0 saturated heterocycles. The molecule has 0 aliphatic carbocycles. The number of rotatable bonds is 6. The van der Waals surface area contributed by atoms with Crippen LogP contribution in [0.25, 0.3) is 10.8 Å². The van der Waals surface area contributed by atoms with Gasteiger partial charge in [-0.3, -0.25) is 4.98 Å². The Morgan fingerprint density at radius 1 is 1.29 bits per heavy atom. The molecule has 0 N–H and O–H groups in total. The molecular formula is C15H19ClN2O2S. The summed E-state index contributed by atoms with van der Waals surface area (Å²) in [5.74, 6) is 0.443. The van der Waals surface area contributed by atoms with Gasteiger partial charge in [-0.05, 0) is 32.4 Å². The minimum atomic E-state index is -3.55. The zero-order valence-corrected chi connectivity index (χ0v) is 13.7. The number of fused-ring (bicyclic) bond motifs is 1. The Bertz CT molecular complexity index is 711. The van der Waals surface area contributed by atoms with E-state index in [0.717, 1.165) is 5.39 Å². The second-order valence-corrected chi connectivity index (χ2v) is 7.34. The van der Waals surface area contributed by atoms with E-state index in [1.165, 1.54) is 4.31 Å². The molecule has 0 spiro atoms. The molecule has 0 aliphatic rings. The van der Waals surface area contributed by atoms with Crippen molar-refractivity contribution >= 4 is 32.4 Å². The standard InChI is InChI=1S/C15H19ClN2O2S/c1-12(2)18(10-4-8-16)21(19,20)15-6-3-5-13-11-17-9-7-14(13)15/h3,5-7,9,11-12H,4,8,10H2,1-2H3. The number of sulfonamides is 1. The van der Waals surface area contributed by atoms with Gasteiger partial charge in [-0.1, -0.05) is 12.1 Å². The maximum Gasteiger partial charge on any atom is 0.243 e. The van der Waals surface area contributed by atoms with Crippen molar-refractivity contribution in [1.29, 1.82) is 0 Å². The zero-order chi connectivity index (χ0) is 15.5. The van der Waals surface area contributed by atoms with Crippen molar-refractivity contribution in [2.75, 3.05) is 12.4 Å². The molecule has 0 aliphatic heterocycles. The van der Waals surface area contributed by atoms with Crippen LogP contribution in [0.1, 0.15) is 20.3 Å². The lowest BCUT2D eigenvalue weighted by Crippen LogP contribution is -2.37. The minimum absolute atomic E-state index is 0.115. The fraction of sp³-hybridized carbons (Fsp3) is 0.400. The Hall–Kier alpha value is -1.17. The maximum absolute atomic E-state index is 13.0. The van der Waals surface area contributed by atoms with Crippen LogP contribution in [0.15, 0.2) is 41.6 Å². The molecule has 0 unspecified atom stereocenters. The van der Waals surface area contributed by atoms with Crippen molar-refractivity contribution in [3.05, 3.63) is 36.7 Å². The van der Waals surface area contributed by atoms with Gasteiger partial charge in [0.1, 0.15) is 0 Å². The Morgan fingerprint density at radius 3 is 2.71 bits per heavy atom. The van der Waals surface area contributed by atoms with Crippen molar-refractivity contribution in [3.63, 3.8) is 0 Å². The summed E-state index contributed by atoms with van der Waals surface area (Å²) in [7, 11) is -3.55. The third-order valence-electron chi connectivity index (χ3n) is 3.32. The molecule has 6 heteroatoms. The van der Waals surface area contributed by atoms with Crippen LogP contribution in [0.3, 0.4) is 0 Å². The number of alkyl halides is 1. The number of hydrogen-bond donors (Lipinski definition) is 0. The molecule has 4 nitrogen and oxygen atoms in total. The number of aromatic nitrogens is 1. The summed E-state index contributed by atoms with van der Waals surface area (Å²) in [4.78, 5) is 4.36. The van der Waals surface area contributed by atoms with E-state index < -0.39 is 10.0 Å². The average Bonchev–Trinajstić information content (AvgIpc) is 2.46. The summed E-state index contributed by atoms with van der Waals surface area (Å²) in [5, 5.41) is 1.52. The van der Waals surface area contributed by atoms with E-state index in [1.54, 1.807) is 30.6 Å². The van der Waals surface area contributed by atoms with E-state index in [9.17, 15) is 8.42 Å². The first-order valence-electron chi connectivity index (χ1n) is 6.89. The number of pyridine rings is 1. The summed E-state index contributed by atoms with van der Waals surface area (Å²) >= 11 is 5.71. The smallest absolute Gasteiger partial charge is 0.243 e. The molecule has 0 amide bonds. The summed E-state index contributed by atoms with van der Waals surface area (Å²) < 4.78 is 27.4. The highest BCUT2D eigenvalue weighted by Crippen LogP contribution is 2.26. The predicted octanol–water partition coefficient (Wildman–Crippen LogP) is 3.26. The molecule has 2 aromatic rings. The topological polar surface area (TPSA) is 50.3 Å². The zero-order valence-electron chi connectivity index (χ0n) is 12.2. The highest BCUT2D eigenvalue weighted by atomic mass is 35.5. The number of halogens is 1. The fourth-order valence-electron chi connectivity index (χ4n) is 2.32. The van der Waals surface area contributed by atoms with Crippen LogP contribution >= 0.6 is 11.6 Å².